The Morgan fingerprint density at radius 1 is 1.07 bits per heavy atom. The highest BCUT2D eigenvalue weighted by Gasteiger charge is 2.27. The van der Waals surface area contributed by atoms with Gasteiger partial charge >= 0.3 is 5.97 Å². The second-order valence-corrected chi connectivity index (χ2v) is 7.82. The van der Waals surface area contributed by atoms with Gasteiger partial charge in [0, 0.05) is 15.8 Å². The normalized spacial score (nSPS) is 12.0. The van der Waals surface area contributed by atoms with Crippen molar-refractivity contribution in [2.24, 2.45) is 5.41 Å². The molecule has 1 N–H and O–H groups in total. The van der Waals surface area contributed by atoms with Gasteiger partial charge < -0.3 is 9.52 Å². The number of aliphatic carboxylic acids is 1. The molecule has 4 rings (SSSR count). The summed E-state index contributed by atoms with van der Waals surface area (Å²) in [6.07, 6.45) is 0.450. The Morgan fingerprint density at radius 2 is 1.85 bits per heavy atom. The van der Waals surface area contributed by atoms with E-state index in [1.54, 1.807) is 13.8 Å². The second kappa shape index (κ2) is 6.39. The predicted octanol–water partition coefficient (Wildman–Crippen LogP) is 5.95. The quantitative estimate of drug-likeness (QED) is 0.475. The van der Waals surface area contributed by atoms with Crippen LogP contribution in [0.3, 0.4) is 0 Å². The Balaban J connectivity index is 1.72. The fourth-order valence-electron chi connectivity index (χ4n) is 3.14. The average molecular weight is 380 g/mol. The maximum absolute atomic E-state index is 11.4. The third-order valence-corrected chi connectivity index (χ3v) is 4.95. The van der Waals surface area contributed by atoms with Crippen LogP contribution in [0.25, 0.3) is 33.3 Å². The number of nitrogens with zero attached hydrogens (tertiary/aromatic N) is 1. The van der Waals surface area contributed by atoms with Crippen molar-refractivity contribution >= 4 is 39.4 Å². The highest BCUT2D eigenvalue weighted by molar-refractivity contribution is 6.31. The lowest BCUT2D eigenvalue weighted by Gasteiger charge is -2.18. The van der Waals surface area contributed by atoms with Crippen molar-refractivity contribution in [1.82, 2.24) is 4.98 Å². The minimum atomic E-state index is -0.820. The van der Waals surface area contributed by atoms with E-state index in [9.17, 15) is 9.90 Å². The number of carbonyl (C=O) groups is 1. The molecule has 2 aromatic heterocycles. The van der Waals surface area contributed by atoms with Crippen LogP contribution in [0.15, 0.2) is 59.0 Å². The molecule has 5 heteroatoms. The highest BCUT2D eigenvalue weighted by atomic mass is 35.5. The van der Waals surface area contributed by atoms with E-state index in [4.69, 9.17) is 16.0 Å². The zero-order valence-electron chi connectivity index (χ0n) is 15.0. The summed E-state index contributed by atoms with van der Waals surface area (Å²) in [6.45, 7) is 3.45. The SMILES string of the molecule is CC(C)(Cc1ccc2oc(-c3ccc4ccc(Cl)cc4n3)cc2c1)C(=O)O. The molecule has 0 fully saturated rings. The van der Waals surface area contributed by atoms with Crippen molar-refractivity contribution in [3.63, 3.8) is 0 Å². The van der Waals surface area contributed by atoms with E-state index in [1.807, 2.05) is 54.6 Å². The van der Waals surface area contributed by atoms with Crippen LogP contribution >= 0.6 is 11.6 Å². The average Bonchev–Trinajstić information content (AvgIpc) is 3.04. The lowest BCUT2D eigenvalue weighted by molar-refractivity contribution is -0.146. The smallest absolute Gasteiger partial charge is 0.309 e. The predicted molar refractivity (Wildman–Crippen MR) is 107 cm³/mol. The monoisotopic (exact) mass is 379 g/mol. The van der Waals surface area contributed by atoms with E-state index in [2.05, 4.69) is 4.98 Å². The number of furan rings is 1. The third kappa shape index (κ3) is 3.40. The molecular weight excluding hydrogens is 362 g/mol. The molecule has 0 saturated heterocycles. The molecule has 2 heterocycles. The fourth-order valence-corrected chi connectivity index (χ4v) is 3.31. The van der Waals surface area contributed by atoms with Crippen LogP contribution in [-0.2, 0) is 11.2 Å². The van der Waals surface area contributed by atoms with Gasteiger partial charge in [-0.2, -0.15) is 0 Å². The first-order valence-corrected chi connectivity index (χ1v) is 9.02. The van der Waals surface area contributed by atoms with Gasteiger partial charge in [-0.1, -0.05) is 29.8 Å². The number of carboxylic acids is 1. The molecule has 0 amide bonds. The van der Waals surface area contributed by atoms with Crippen LogP contribution in [-0.4, -0.2) is 16.1 Å². The number of benzene rings is 2. The number of halogens is 1. The van der Waals surface area contributed by atoms with E-state index in [0.717, 1.165) is 33.1 Å². The van der Waals surface area contributed by atoms with Crippen molar-refractivity contribution < 1.29 is 14.3 Å². The summed E-state index contributed by atoms with van der Waals surface area (Å²) < 4.78 is 5.95. The van der Waals surface area contributed by atoms with Gasteiger partial charge in [-0.3, -0.25) is 4.79 Å². The first-order valence-electron chi connectivity index (χ1n) is 8.64. The molecule has 0 aliphatic rings. The molecule has 0 radical (unpaired) electrons. The van der Waals surface area contributed by atoms with Gasteiger partial charge in [0.1, 0.15) is 11.3 Å². The van der Waals surface area contributed by atoms with Crippen LogP contribution in [0.5, 0.6) is 0 Å². The second-order valence-electron chi connectivity index (χ2n) is 7.38. The summed E-state index contributed by atoms with van der Waals surface area (Å²) in [4.78, 5) is 16.0. The minimum Gasteiger partial charge on any atom is -0.481 e. The zero-order chi connectivity index (χ0) is 19.2. The molecule has 0 bridgehead atoms. The van der Waals surface area contributed by atoms with Gasteiger partial charge in [-0.15, -0.1) is 0 Å². The molecular formula is C22H18ClNO3. The summed E-state index contributed by atoms with van der Waals surface area (Å²) in [6, 6.07) is 17.2. The molecule has 4 nitrogen and oxygen atoms in total. The van der Waals surface area contributed by atoms with Gasteiger partial charge in [0.05, 0.1) is 10.9 Å². The number of pyridine rings is 1. The molecule has 4 aromatic rings. The number of hydrogen-bond acceptors (Lipinski definition) is 3. The van der Waals surface area contributed by atoms with Gasteiger partial charge in [-0.05, 0) is 62.2 Å². The largest absolute Gasteiger partial charge is 0.481 e. The van der Waals surface area contributed by atoms with E-state index in [0.29, 0.717) is 17.2 Å². The van der Waals surface area contributed by atoms with E-state index in [-0.39, 0.29) is 0 Å². The van der Waals surface area contributed by atoms with E-state index in [1.165, 1.54) is 0 Å². The Hall–Kier alpha value is -2.85. The number of hydrogen-bond donors (Lipinski definition) is 1. The van der Waals surface area contributed by atoms with Crippen molar-refractivity contribution in [1.29, 1.82) is 0 Å². The lowest BCUT2D eigenvalue weighted by Crippen LogP contribution is -2.26. The van der Waals surface area contributed by atoms with Crippen molar-refractivity contribution in [3.05, 3.63) is 65.2 Å². The van der Waals surface area contributed by atoms with Crippen molar-refractivity contribution in [2.75, 3.05) is 0 Å². The third-order valence-electron chi connectivity index (χ3n) is 4.71. The molecule has 0 unspecified atom stereocenters. The van der Waals surface area contributed by atoms with Gasteiger partial charge in [-0.25, -0.2) is 4.98 Å². The summed E-state index contributed by atoms with van der Waals surface area (Å²) in [5, 5.41) is 11.9. The Labute approximate surface area is 161 Å². The maximum atomic E-state index is 11.4. The molecule has 27 heavy (non-hydrogen) atoms. The van der Waals surface area contributed by atoms with Crippen LogP contribution in [0, 0.1) is 5.41 Å². The molecule has 0 saturated carbocycles. The molecule has 136 valence electrons. The Kier molecular flexibility index (Phi) is 4.16. The van der Waals surface area contributed by atoms with Crippen LogP contribution < -0.4 is 0 Å². The summed E-state index contributed by atoms with van der Waals surface area (Å²) in [7, 11) is 0. The number of carboxylic acid groups (broad SMARTS) is 1. The van der Waals surface area contributed by atoms with E-state index < -0.39 is 11.4 Å². The molecule has 0 spiro atoms. The Morgan fingerprint density at radius 3 is 2.63 bits per heavy atom. The number of rotatable bonds is 4. The van der Waals surface area contributed by atoms with Gasteiger partial charge in [0.25, 0.3) is 0 Å². The summed E-state index contributed by atoms with van der Waals surface area (Å²) >= 11 is 6.07. The van der Waals surface area contributed by atoms with Crippen LogP contribution in [0.4, 0.5) is 0 Å². The molecule has 0 aliphatic carbocycles. The highest BCUT2D eigenvalue weighted by Crippen LogP contribution is 2.31. The zero-order valence-corrected chi connectivity index (χ0v) is 15.7. The van der Waals surface area contributed by atoms with Gasteiger partial charge in [0.2, 0.25) is 0 Å². The van der Waals surface area contributed by atoms with Crippen LogP contribution in [0.2, 0.25) is 5.02 Å². The standard InChI is InChI=1S/C22H18ClNO3/c1-22(2,21(25)26)12-13-3-8-19-15(9-13)10-20(27-19)17-7-5-14-4-6-16(23)11-18(14)24-17/h3-11H,12H2,1-2H3,(H,25,26). The Bertz CT molecular complexity index is 1180. The first kappa shape index (κ1) is 17.6. The molecule has 0 atom stereocenters. The molecule has 2 aromatic carbocycles. The summed E-state index contributed by atoms with van der Waals surface area (Å²) in [5.74, 6) is -0.143. The lowest BCUT2D eigenvalue weighted by atomic mass is 9.86. The summed E-state index contributed by atoms with van der Waals surface area (Å²) in [5.41, 5.74) is 2.42. The number of fused-ring (bicyclic) bond motifs is 2. The topological polar surface area (TPSA) is 63.3 Å². The van der Waals surface area contributed by atoms with Crippen LogP contribution in [0.1, 0.15) is 19.4 Å². The first-order chi connectivity index (χ1) is 12.8. The van der Waals surface area contributed by atoms with Crippen molar-refractivity contribution in [2.45, 2.75) is 20.3 Å². The molecule has 0 aliphatic heterocycles. The van der Waals surface area contributed by atoms with E-state index >= 15 is 0 Å². The number of aromatic nitrogens is 1. The fraction of sp³-hybridized carbons (Fsp3) is 0.182. The maximum Gasteiger partial charge on any atom is 0.309 e. The minimum absolute atomic E-state index is 0.450. The van der Waals surface area contributed by atoms with Crippen molar-refractivity contribution in [3.8, 4) is 11.5 Å². The van der Waals surface area contributed by atoms with Gasteiger partial charge in [0.15, 0.2) is 5.76 Å².